The lowest BCUT2D eigenvalue weighted by atomic mass is 10.0. The number of benzene rings is 1. The molecule has 0 amide bonds. The maximum atomic E-state index is 14.1. The van der Waals surface area contributed by atoms with E-state index in [1.54, 1.807) is 43.4 Å². The van der Waals surface area contributed by atoms with Crippen LogP contribution in [0.2, 0.25) is 0 Å². The zero-order valence-corrected chi connectivity index (χ0v) is 23.5. The summed E-state index contributed by atoms with van der Waals surface area (Å²) in [5.41, 5.74) is 0.817. The molecule has 0 saturated carbocycles. The van der Waals surface area contributed by atoms with Crippen molar-refractivity contribution in [1.29, 1.82) is 5.41 Å². The van der Waals surface area contributed by atoms with Gasteiger partial charge in [-0.3, -0.25) is 0 Å². The van der Waals surface area contributed by atoms with Crippen LogP contribution in [0.25, 0.3) is 0 Å². The van der Waals surface area contributed by atoms with Crippen LogP contribution >= 0.6 is 15.7 Å². The highest BCUT2D eigenvalue weighted by Gasteiger charge is 2.37. The van der Waals surface area contributed by atoms with E-state index < -0.39 is 18.9 Å². The number of allylic oxidation sites excluding steroid dienone is 4. The van der Waals surface area contributed by atoms with Crippen molar-refractivity contribution in [3.05, 3.63) is 58.7 Å². The summed E-state index contributed by atoms with van der Waals surface area (Å²) >= 11 is 0. The molecule has 1 heterocycles. The largest absolute Gasteiger partial charge is 0.418 e. The first-order valence-corrected chi connectivity index (χ1v) is 15.8. The average molecular weight is 541 g/mol. The van der Waals surface area contributed by atoms with Crippen molar-refractivity contribution in [3.8, 4) is 0 Å². The number of piperidine rings is 1. The number of halogens is 3. The number of nitrogens with one attached hydrogen (secondary N) is 3. The van der Waals surface area contributed by atoms with Crippen LogP contribution in [0.3, 0.4) is 0 Å². The number of aliphatic imine (C=N–C) groups is 1. The molecule has 5 nitrogen and oxygen atoms in total. The smallest absolute Gasteiger partial charge is 0.340 e. The zero-order chi connectivity index (χ0) is 26.9. The summed E-state index contributed by atoms with van der Waals surface area (Å²) < 4.78 is 54.5. The number of hydrogen-bond acceptors (Lipinski definition) is 5. The molecule has 0 aromatic heterocycles. The molecule has 0 radical (unpaired) electrons. The maximum absolute atomic E-state index is 14.1. The minimum absolute atomic E-state index is 0.161. The molecule has 0 aliphatic carbocycles. The van der Waals surface area contributed by atoms with E-state index in [2.05, 4.69) is 15.6 Å². The number of nitrogens with zero attached hydrogens (tertiary/aromatic N) is 1. The summed E-state index contributed by atoms with van der Waals surface area (Å²) in [5.74, 6) is 2.04. The van der Waals surface area contributed by atoms with Gasteiger partial charge in [-0.2, -0.15) is 13.2 Å². The molecule has 1 atom stereocenters. The Morgan fingerprint density at radius 2 is 1.86 bits per heavy atom. The zero-order valence-electron chi connectivity index (χ0n) is 21.6. The van der Waals surface area contributed by atoms with Crippen molar-refractivity contribution in [1.82, 2.24) is 5.32 Å². The summed E-state index contributed by atoms with van der Waals surface area (Å²) in [6, 6.07) is 7.00. The molecule has 1 unspecified atom stereocenters. The van der Waals surface area contributed by atoms with E-state index >= 15 is 0 Å². The molecule has 1 aromatic carbocycles. The molecule has 1 fully saturated rings. The molecule has 1 aromatic rings. The molecule has 1 saturated heterocycles. The second-order valence-corrected chi connectivity index (χ2v) is 13.8. The van der Waals surface area contributed by atoms with Gasteiger partial charge in [0.2, 0.25) is 0 Å². The average Bonchev–Trinajstić information content (AvgIpc) is 2.83. The fourth-order valence-corrected chi connectivity index (χ4v) is 5.76. The quantitative estimate of drug-likeness (QED) is 0.223. The number of anilines is 1. The van der Waals surface area contributed by atoms with E-state index in [1.165, 1.54) is 6.92 Å². The van der Waals surface area contributed by atoms with Crippen LogP contribution in [0.15, 0.2) is 63.7 Å². The first-order valence-electron chi connectivity index (χ1n) is 12.0. The van der Waals surface area contributed by atoms with E-state index in [0.29, 0.717) is 32.2 Å². The first kappa shape index (κ1) is 30.2. The monoisotopic (exact) mass is 540 g/mol. The summed E-state index contributed by atoms with van der Waals surface area (Å²) in [7, 11) is -2.12. The van der Waals surface area contributed by atoms with Crippen LogP contribution in [0.1, 0.15) is 40.0 Å². The molecule has 10 heteroatoms. The van der Waals surface area contributed by atoms with Gasteiger partial charge in [0, 0.05) is 22.8 Å². The highest BCUT2D eigenvalue weighted by molar-refractivity contribution is 7.70. The Hall–Kier alpha value is -2.01. The fourth-order valence-electron chi connectivity index (χ4n) is 3.64. The SMILES string of the molecule is C\C=C(C(=N\C(Nc1ccc(P(C)(C)=O)cc1)=C(C)CC)/C(C=N)=C/PC1CCNCC1)\C(F)(F)F. The lowest BCUT2D eigenvalue weighted by Crippen LogP contribution is -2.28. The number of rotatable bonds is 10. The van der Waals surface area contributed by atoms with E-state index in [-0.39, 0.29) is 11.3 Å². The van der Waals surface area contributed by atoms with E-state index in [9.17, 15) is 17.7 Å². The van der Waals surface area contributed by atoms with Crippen molar-refractivity contribution in [2.45, 2.75) is 51.9 Å². The number of alkyl halides is 3. The minimum Gasteiger partial charge on any atom is -0.340 e. The van der Waals surface area contributed by atoms with Crippen molar-refractivity contribution in [3.63, 3.8) is 0 Å². The summed E-state index contributed by atoms with van der Waals surface area (Å²) in [6.45, 7) is 10.2. The Balaban J connectivity index is 2.55. The van der Waals surface area contributed by atoms with E-state index in [0.717, 1.165) is 49.1 Å². The van der Waals surface area contributed by atoms with E-state index in [1.807, 2.05) is 13.8 Å². The Bertz CT molecular complexity index is 1080. The minimum atomic E-state index is -4.62. The normalized spacial score (nSPS) is 17.9. The predicted octanol–water partition coefficient (Wildman–Crippen LogP) is 6.90. The van der Waals surface area contributed by atoms with Crippen LogP contribution in [0.4, 0.5) is 18.9 Å². The molecule has 2 rings (SSSR count). The maximum Gasteiger partial charge on any atom is 0.418 e. The highest BCUT2D eigenvalue weighted by Crippen LogP contribution is 2.35. The summed E-state index contributed by atoms with van der Waals surface area (Å²) in [6.07, 6.45) is -0.143. The fraction of sp³-hybridized carbons (Fsp3) is 0.462. The number of hydrogen-bond donors (Lipinski definition) is 3. The van der Waals surface area contributed by atoms with Gasteiger partial charge in [0.25, 0.3) is 0 Å². The molecular formula is C26H37F3N4OP2. The lowest BCUT2D eigenvalue weighted by molar-refractivity contribution is -0.0861. The molecule has 0 spiro atoms. The molecule has 0 bridgehead atoms. The Kier molecular flexibility index (Phi) is 11.3. The molecule has 3 N–H and O–H groups in total. The Morgan fingerprint density at radius 3 is 2.33 bits per heavy atom. The molecular weight excluding hydrogens is 503 g/mol. The summed E-state index contributed by atoms with van der Waals surface area (Å²) in [4.78, 5) is 4.50. The van der Waals surface area contributed by atoms with Gasteiger partial charge in [-0.1, -0.05) is 27.4 Å². The van der Waals surface area contributed by atoms with E-state index in [4.69, 9.17) is 5.41 Å². The topological polar surface area (TPSA) is 77.3 Å². The second-order valence-electron chi connectivity index (χ2n) is 9.10. The van der Waals surface area contributed by atoms with Crippen molar-refractivity contribution < 1.29 is 17.7 Å². The van der Waals surface area contributed by atoms with Gasteiger partial charge in [0.15, 0.2) is 0 Å². The Labute approximate surface area is 214 Å². The van der Waals surface area contributed by atoms with Gasteiger partial charge < -0.3 is 20.6 Å². The standard InChI is InChI=1S/C26H37F3N4OP2/c1-6-18(3)25(32-20-8-10-22(11-9-20)36(4,5)34)33-24(23(7-2)26(27,28)29)19(16-30)17-35-21-12-14-31-15-13-21/h7-11,16-17,21,30-32,35H,6,12-15H2,1-5H3/b19-17+,23-7+,25-18?,30-16?,33-24-. The van der Waals surface area contributed by atoms with Crippen LogP contribution in [0.5, 0.6) is 0 Å². The molecule has 1 aliphatic heterocycles. The van der Waals surface area contributed by atoms with Crippen LogP contribution < -0.4 is 15.9 Å². The molecule has 1 aliphatic rings. The molecule has 198 valence electrons. The van der Waals surface area contributed by atoms with Gasteiger partial charge in [-0.25, -0.2) is 4.99 Å². The van der Waals surface area contributed by atoms with Gasteiger partial charge in [-0.05, 0) is 95.0 Å². The van der Waals surface area contributed by atoms with Crippen molar-refractivity contribution >= 4 is 38.6 Å². The van der Waals surface area contributed by atoms with Crippen molar-refractivity contribution in [2.24, 2.45) is 4.99 Å². The van der Waals surface area contributed by atoms with Crippen LogP contribution in [-0.4, -0.2) is 50.2 Å². The summed E-state index contributed by atoms with van der Waals surface area (Å²) in [5, 5.41) is 15.1. The van der Waals surface area contributed by atoms with Gasteiger partial charge in [0.1, 0.15) is 13.0 Å². The van der Waals surface area contributed by atoms with Gasteiger partial charge >= 0.3 is 6.18 Å². The highest BCUT2D eigenvalue weighted by atomic mass is 31.2. The Morgan fingerprint density at radius 1 is 1.25 bits per heavy atom. The first-order chi connectivity index (χ1) is 16.9. The van der Waals surface area contributed by atoms with Crippen LogP contribution in [0, 0.1) is 5.41 Å². The predicted molar refractivity (Wildman–Crippen MR) is 150 cm³/mol. The third kappa shape index (κ3) is 8.83. The third-order valence-corrected chi connectivity index (χ3v) is 9.07. The van der Waals surface area contributed by atoms with Gasteiger partial charge in [0.05, 0.1) is 11.3 Å². The van der Waals surface area contributed by atoms with Crippen LogP contribution in [-0.2, 0) is 4.57 Å². The lowest BCUT2D eigenvalue weighted by Gasteiger charge is -2.22. The molecule has 36 heavy (non-hydrogen) atoms. The second kappa shape index (κ2) is 13.5. The third-order valence-electron chi connectivity index (χ3n) is 6.00. The van der Waals surface area contributed by atoms with Gasteiger partial charge in [-0.15, -0.1) is 0 Å². The van der Waals surface area contributed by atoms with Crippen molar-refractivity contribution in [2.75, 3.05) is 31.7 Å².